The van der Waals surface area contributed by atoms with Gasteiger partial charge in [-0.25, -0.2) is 12.7 Å². The van der Waals surface area contributed by atoms with Crippen LogP contribution in [0.1, 0.15) is 11.1 Å². The molecule has 0 bridgehead atoms. The Bertz CT molecular complexity index is 1060. The van der Waals surface area contributed by atoms with Crippen LogP contribution >= 0.6 is 0 Å². The summed E-state index contributed by atoms with van der Waals surface area (Å²) in [5, 5.41) is 5.14. The van der Waals surface area contributed by atoms with E-state index in [2.05, 4.69) is 5.32 Å². The molecule has 0 radical (unpaired) electrons. The third-order valence-corrected chi connectivity index (χ3v) is 6.20. The zero-order chi connectivity index (χ0) is 19.4. The Balaban J connectivity index is 1.60. The lowest BCUT2D eigenvalue weighted by Crippen LogP contribution is -2.25. The van der Waals surface area contributed by atoms with Crippen molar-refractivity contribution in [2.24, 2.45) is 0 Å². The number of hydrogen-bond acceptors (Lipinski definition) is 3. The van der Waals surface area contributed by atoms with Crippen LogP contribution in [0.2, 0.25) is 0 Å². The van der Waals surface area contributed by atoms with Gasteiger partial charge in [0.15, 0.2) is 0 Å². The summed E-state index contributed by atoms with van der Waals surface area (Å²) in [4.78, 5) is 12.5. The van der Waals surface area contributed by atoms with Gasteiger partial charge in [-0.15, -0.1) is 0 Å². The minimum Gasteiger partial charge on any atom is -0.352 e. The Kier molecular flexibility index (Phi) is 5.58. The molecule has 27 heavy (non-hydrogen) atoms. The molecule has 3 aromatic rings. The third-order valence-electron chi connectivity index (χ3n) is 4.37. The van der Waals surface area contributed by atoms with Crippen LogP contribution in [-0.4, -0.2) is 32.7 Å². The number of fused-ring (bicyclic) bond motifs is 1. The van der Waals surface area contributed by atoms with Crippen LogP contribution in [0, 0.1) is 0 Å². The van der Waals surface area contributed by atoms with E-state index in [1.165, 1.54) is 18.4 Å². The van der Waals surface area contributed by atoms with Crippen molar-refractivity contribution in [3.8, 4) is 0 Å². The summed E-state index contributed by atoms with van der Waals surface area (Å²) in [5.74, 6) is -0.0738. The highest BCUT2D eigenvalue weighted by molar-refractivity contribution is 7.89. The maximum Gasteiger partial charge on any atom is 0.242 e. The van der Waals surface area contributed by atoms with Crippen LogP contribution in [-0.2, 0) is 27.8 Å². The molecule has 3 rings (SSSR count). The monoisotopic (exact) mass is 382 g/mol. The number of carbonyl (C=O) groups excluding carboxylic acids is 1. The quantitative estimate of drug-likeness (QED) is 0.713. The van der Waals surface area contributed by atoms with Crippen molar-refractivity contribution in [2.75, 3.05) is 14.1 Å². The zero-order valence-corrected chi connectivity index (χ0v) is 16.2. The van der Waals surface area contributed by atoms with E-state index in [1.54, 1.807) is 24.3 Å². The number of nitrogens with zero attached hydrogens (tertiary/aromatic N) is 1. The molecule has 5 nitrogen and oxygen atoms in total. The molecule has 0 aromatic heterocycles. The molecule has 1 N–H and O–H groups in total. The topological polar surface area (TPSA) is 66.5 Å². The zero-order valence-electron chi connectivity index (χ0n) is 15.3. The Labute approximate surface area is 159 Å². The lowest BCUT2D eigenvalue weighted by atomic mass is 10.0. The summed E-state index contributed by atoms with van der Waals surface area (Å²) < 4.78 is 25.3. The van der Waals surface area contributed by atoms with Gasteiger partial charge in [-0.1, -0.05) is 54.6 Å². The van der Waals surface area contributed by atoms with Crippen LogP contribution in [0.3, 0.4) is 0 Å². The second-order valence-electron chi connectivity index (χ2n) is 6.57. The second kappa shape index (κ2) is 7.90. The van der Waals surface area contributed by atoms with Crippen LogP contribution in [0.15, 0.2) is 71.6 Å². The van der Waals surface area contributed by atoms with Gasteiger partial charge >= 0.3 is 0 Å². The van der Waals surface area contributed by atoms with Crippen LogP contribution in [0.25, 0.3) is 10.8 Å². The number of hydrogen-bond donors (Lipinski definition) is 1. The standard InChI is InChI=1S/C21H22N2O3S/c1-23(2)27(25,26)20-11-8-16(9-12-20)15-22-21(24)14-17-7-10-18-5-3-4-6-19(18)13-17/h3-13H,14-15H2,1-2H3,(H,22,24). The second-order valence-corrected chi connectivity index (χ2v) is 8.72. The maximum atomic E-state index is 12.2. The summed E-state index contributed by atoms with van der Waals surface area (Å²) in [6, 6.07) is 20.6. The molecule has 0 heterocycles. The predicted molar refractivity (Wildman–Crippen MR) is 107 cm³/mol. The Morgan fingerprint density at radius 1 is 0.889 bits per heavy atom. The molecule has 0 aliphatic heterocycles. The van der Waals surface area contributed by atoms with Crippen LogP contribution in [0.5, 0.6) is 0 Å². The summed E-state index contributed by atoms with van der Waals surface area (Å²) in [5.41, 5.74) is 1.80. The molecule has 3 aromatic carbocycles. The summed E-state index contributed by atoms with van der Waals surface area (Å²) in [7, 11) is -0.445. The summed E-state index contributed by atoms with van der Waals surface area (Å²) >= 11 is 0. The lowest BCUT2D eigenvalue weighted by molar-refractivity contribution is -0.120. The summed E-state index contributed by atoms with van der Waals surface area (Å²) in [6.45, 7) is 0.356. The van der Waals surface area contributed by atoms with Gasteiger partial charge in [0.05, 0.1) is 11.3 Å². The lowest BCUT2D eigenvalue weighted by Gasteiger charge is -2.12. The molecule has 6 heteroatoms. The van der Waals surface area contributed by atoms with Crippen LogP contribution in [0.4, 0.5) is 0 Å². The molecule has 0 fully saturated rings. The maximum absolute atomic E-state index is 12.2. The number of nitrogens with one attached hydrogen (secondary N) is 1. The van der Waals surface area contributed by atoms with Gasteiger partial charge in [0, 0.05) is 20.6 Å². The molecule has 140 valence electrons. The van der Waals surface area contributed by atoms with E-state index in [-0.39, 0.29) is 10.8 Å². The number of rotatable bonds is 6. The van der Waals surface area contributed by atoms with E-state index in [4.69, 9.17) is 0 Å². The Morgan fingerprint density at radius 3 is 2.19 bits per heavy atom. The Hall–Kier alpha value is -2.70. The molecule has 0 atom stereocenters. The van der Waals surface area contributed by atoms with Gasteiger partial charge in [-0.3, -0.25) is 4.79 Å². The molecule has 1 amide bonds. The number of sulfonamides is 1. The number of carbonyl (C=O) groups is 1. The fourth-order valence-corrected chi connectivity index (χ4v) is 3.69. The third kappa shape index (κ3) is 4.53. The van der Waals surface area contributed by atoms with Crippen molar-refractivity contribution in [2.45, 2.75) is 17.9 Å². The fraction of sp³-hybridized carbons (Fsp3) is 0.190. The number of amides is 1. The molecule has 0 spiro atoms. The minimum atomic E-state index is -3.44. The smallest absolute Gasteiger partial charge is 0.242 e. The number of benzene rings is 3. The fourth-order valence-electron chi connectivity index (χ4n) is 2.79. The van der Waals surface area contributed by atoms with E-state index in [0.717, 1.165) is 21.9 Å². The van der Waals surface area contributed by atoms with E-state index in [1.807, 2.05) is 42.5 Å². The predicted octanol–water partition coefficient (Wildman–Crippen LogP) is 2.95. The van der Waals surface area contributed by atoms with E-state index >= 15 is 0 Å². The average molecular weight is 382 g/mol. The minimum absolute atomic E-state index is 0.0738. The molecular weight excluding hydrogens is 360 g/mol. The van der Waals surface area contributed by atoms with Gasteiger partial charge in [0.1, 0.15) is 0 Å². The first-order valence-electron chi connectivity index (χ1n) is 8.62. The highest BCUT2D eigenvalue weighted by atomic mass is 32.2. The van der Waals surface area contributed by atoms with Gasteiger partial charge in [-0.2, -0.15) is 0 Å². The highest BCUT2D eigenvalue weighted by Gasteiger charge is 2.16. The van der Waals surface area contributed by atoms with Crippen molar-refractivity contribution in [1.82, 2.24) is 9.62 Å². The molecule has 0 saturated heterocycles. The van der Waals surface area contributed by atoms with E-state index in [9.17, 15) is 13.2 Å². The SMILES string of the molecule is CN(C)S(=O)(=O)c1ccc(CNC(=O)Cc2ccc3ccccc3c2)cc1. The van der Waals surface area contributed by atoms with Gasteiger partial charge < -0.3 is 5.32 Å². The first kappa shape index (κ1) is 19.1. The van der Waals surface area contributed by atoms with Crippen molar-refractivity contribution >= 4 is 26.7 Å². The molecule has 0 unspecified atom stereocenters. The first-order chi connectivity index (χ1) is 12.9. The van der Waals surface area contributed by atoms with E-state index in [0.29, 0.717) is 13.0 Å². The van der Waals surface area contributed by atoms with Gasteiger partial charge in [0.25, 0.3) is 0 Å². The van der Waals surface area contributed by atoms with Crippen molar-refractivity contribution in [3.05, 3.63) is 77.9 Å². The average Bonchev–Trinajstić information content (AvgIpc) is 2.66. The van der Waals surface area contributed by atoms with E-state index < -0.39 is 10.0 Å². The Morgan fingerprint density at radius 2 is 1.52 bits per heavy atom. The molecule has 0 aliphatic carbocycles. The normalized spacial score (nSPS) is 11.7. The molecule has 0 aliphatic rings. The largest absolute Gasteiger partial charge is 0.352 e. The van der Waals surface area contributed by atoms with Crippen molar-refractivity contribution < 1.29 is 13.2 Å². The first-order valence-corrected chi connectivity index (χ1v) is 10.1. The molecule has 0 saturated carbocycles. The summed E-state index contributed by atoms with van der Waals surface area (Å²) in [6.07, 6.45) is 0.303. The highest BCUT2D eigenvalue weighted by Crippen LogP contribution is 2.16. The van der Waals surface area contributed by atoms with Gasteiger partial charge in [-0.05, 0) is 34.0 Å². The van der Waals surface area contributed by atoms with Crippen LogP contribution < -0.4 is 5.32 Å². The van der Waals surface area contributed by atoms with Gasteiger partial charge in [0.2, 0.25) is 15.9 Å². The van der Waals surface area contributed by atoms with Crippen molar-refractivity contribution in [1.29, 1.82) is 0 Å². The van der Waals surface area contributed by atoms with Crippen molar-refractivity contribution in [3.63, 3.8) is 0 Å². The molecular formula is C21H22N2O3S.